The average Bonchev–Trinajstić information content (AvgIpc) is 3.65. The van der Waals surface area contributed by atoms with E-state index in [0.717, 1.165) is 11.1 Å². The van der Waals surface area contributed by atoms with Crippen LogP contribution in [0.1, 0.15) is 22.3 Å². The molecule has 0 aliphatic carbocycles. The van der Waals surface area contributed by atoms with Crippen molar-refractivity contribution in [2.24, 2.45) is 0 Å². The van der Waals surface area contributed by atoms with Crippen LogP contribution in [0.5, 0.6) is 0 Å². The van der Waals surface area contributed by atoms with Gasteiger partial charge in [0.1, 0.15) is 0 Å². The van der Waals surface area contributed by atoms with Crippen molar-refractivity contribution in [2.75, 3.05) is 0 Å². The highest BCUT2D eigenvalue weighted by molar-refractivity contribution is 6.42. The maximum Gasteiger partial charge on any atom is 0.0991 e. The Hall–Kier alpha value is -7.00. The Morgan fingerprint density at radius 1 is 0.346 bits per heavy atom. The van der Waals surface area contributed by atoms with Crippen molar-refractivity contribution >= 4 is 86.2 Å². The standard InChI is InChI=1S/C50H28N2/c1-27-18-34-19-28(2)21-44-45(34)43(20-27)49-46(31-14-10-29(25-51)11-15-31)41-23-38-37-9-5-8-36-35-7-4-3-6-33(35)22-40(48(36)37)39(38)24-42(41)47(50(44)49)32-16-12-30(26-52)13-17-32/h3-24H,1-2H3. The predicted octanol–water partition coefficient (Wildman–Crippen LogP) is 13.5. The van der Waals surface area contributed by atoms with Gasteiger partial charge >= 0.3 is 0 Å². The Morgan fingerprint density at radius 2 is 0.846 bits per heavy atom. The summed E-state index contributed by atoms with van der Waals surface area (Å²) in [5.74, 6) is 0. The fourth-order valence-electron chi connectivity index (χ4n) is 9.35. The summed E-state index contributed by atoms with van der Waals surface area (Å²) in [6.07, 6.45) is 0. The molecule has 238 valence electrons. The molecule has 0 fully saturated rings. The molecule has 0 aromatic heterocycles. The van der Waals surface area contributed by atoms with E-state index in [0.29, 0.717) is 11.1 Å². The normalized spacial score (nSPS) is 12.0. The molecule has 0 radical (unpaired) electrons. The summed E-state index contributed by atoms with van der Waals surface area (Å²) in [5.41, 5.74) is 8.28. The van der Waals surface area contributed by atoms with Gasteiger partial charge < -0.3 is 0 Å². The summed E-state index contributed by atoms with van der Waals surface area (Å²) < 4.78 is 0. The number of fused-ring (bicyclic) bond motifs is 9. The van der Waals surface area contributed by atoms with Gasteiger partial charge in [0.25, 0.3) is 0 Å². The van der Waals surface area contributed by atoms with Gasteiger partial charge in [-0.1, -0.05) is 91.0 Å². The molecule has 11 aromatic carbocycles. The van der Waals surface area contributed by atoms with Crippen molar-refractivity contribution < 1.29 is 0 Å². The molecular weight excluding hydrogens is 629 g/mol. The Bertz CT molecular complexity index is 3400. The summed E-state index contributed by atoms with van der Waals surface area (Å²) in [6.45, 7) is 4.38. The van der Waals surface area contributed by atoms with E-state index < -0.39 is 0 Å². The minimum absolute atomic E-state index is 0.644. The third kappa shape index (κ3) is 3.76. The average molecular weight is 657 g/mol. The van der Waals surface area contributed by atoms with Crippen molar-refractivity contribution in [2.45, 2.75) is 13.8 Å². The monoisotopic (exact) mass is 656 g/mol. The molecule has 52 heavy (non-hydrogen) atoms. The van der Waals surface area contributed by atoms with Gasteiger partial charge in [0, 0.05) is 0 Å². The summed E-state index contributed by atoms with van der Waals surface area (Å²) in [4.78, 5) is 0. The lowest BCUT2D eigenvalue weighted by atomic mass is 9.85. The highest BCUT2D eigenvalue weighted by atomic mass is 14.3. The minimum Gasteiger partial charge on any atom is -0.192 e. The first-order chi connectivity index (χ1) is 25.5. The van der Waals surface area contributed by atoms with Crippen molar-refractivity contribution in [3.8, 4) is 34.4 Å². The molecular formula is C50H28N2. The molecule has 2 nitrogen and oxygen atoms in total. The van der Waals surface area contributed by atoms with Crippen LogP contribution in [0.3, 0.4) is 0 Å². The lowest BCUT2D eigenvalue weighted by molar-refractivity contribution is 1.48. The lowest BCUT2D eigenvalue weighted by Crippen LogP contribution is -1.90. The van der Waals surface area contributed by atoms with Crippen molar-refractivity contribution in [1.29, 1.82) is 10.5 Å². The number of hydrogen-bond donors (Lipinski definition) is 0. The van der Waals surface area contributed by atoms with Crippen molar-refractivity contribution in [3.05, 3.63) is 156 Å². The van der Waals surface area contributed by atoms with E-state index in [-0.39, 0.29) is 0 Å². The molecule has 0 saturated heterocycles. The summed E-state index contributed by atoms with van der Waals surface area (Å²) >= 11 is 0. The predicted molar refractivity (Wildman–Crippen MR) is 219 cm³/mol. The molecule has 0 aliphatic heterocycles. The SMILES string of the molecule is Cc1cc2cc(C)cc3c4c(-c5ccc(C#N)cc5)c5cc6c(cc5c(-c5ccc(C#N)cc5)c4c(c1)c23)c1cccc2c3ccccc3cc6c21. The molecule has 0 saturated carbocycles. The van der Waals surface area contributed by atoms with Gasteiger partial charge in [0.2, 0.25) is 0 Å². The molecule has 0 N–H and O–H groups in total. The number of aryl methyl sites for hydroxylation is 2. The Kier molecular flexibility index (Phi) is 5.69. The molecule has 2 heteroatoms. The molecule has 0 atom stereocenters. The Balaban J connectivity index is 1.45. The highest BCUT2D eigenvalue weighted by Gasteiger charge is 2.26. The van der Waals surface area contributed by atoms with Gasteiger partial charge in [-0.15, -0.1) is 0 Å². The summed E-state index contributed by atoms with van der Waals surface area (Å²) in [7, 11) is 0. The zero-order valence-corrected chi connectivity index (χ0v) is 28.6. The molecule has 11 aromatic rings. The molecule has 0 unspecified atom stereocenters. The van der Waals surface area contributed by atoms with E-state index in [1.807, 2.05) is 24.3 Å². The number of benzene rings is 9. The Morgan fingerprint density at radius 3 is 1.40 bits per heavy atom. The number of hydrogen-bond acceptors (Lipinski definition) is 2. The van der Waals surface area contributed by atoms with Crippen LogP contribution in [0.15, 0.2) is 133 Å². The third-order valence-corrected chi connectivity index (χ3v) is 11.4. The fraction of sp³-hybridized carbons (Fsp3) is 0.0400. The van der Waals surface area contributed by atoms with Gasteiger partial charge in [-0.05, 0) is 176 Å². The number of rotatable bonds is 2. The topological polar surface area (TPSA) is 47.6 Å². The van der Waals surface area contributed by atoms with Crippen LogP contribution in [-0.2, 0) is 0 Å². The van der Waals surface area contributed by atoms with E-state index >= 15 is 0 Å². The van der Waals surface area contributed by atoms with Crippen LogP contribution in [-0.4, -0.2) is 0 Å². The zero-order valence-electron chi connectivity index (χ0n) is 28.6. The number of nitrogens with zero attached hydrogens (tertiary/aromatic N) is 2. The van der Waals surface area contributed by atoms with Gasteiger partial charge in [0.15, 0.2) is 0 Å². The van der Waals surface area contributed by atoms with E-state index in [1.165, 1.54) is 108 Å². The zero-order chi connectivity index (χ0) is 34.8. The third-order valence-electron chi connectivity index (χ3n) is 11.4. The van der Waals surface area contributed by atoms with Crippen molar-refractivity contribution in [3.63, 3.8) is 0 Å². The van der Waals surface area contributed by atoms with Gasteiger partial charge in [-0.25, -0.2) is 0 Å². The second-order valence-electron chi connectivity index (χ2n) is 14.4. The summed E-state index contributed by atoms with van der Waals surface area (Å²) in [5, 5.41) is 39.5. The van der Waals surface area contributed by atoms with Crippen LogP contribution in [0.25, 0.3) is 108 Å². The summed E-state index contributed by atoms with van der Waals surface area (Å²) in [6, 6.07) is 52.9. The van der Waals surface area contributed by atoms with Crippen LogP contribution < -0.4 is 0 Å². The largest absolute Gasteiger partial charge is 0.192 e. The van der Waals surface area contributed by atoms with Gasteiger partial charge in [0.05, 0.1) is 23.3 Å². The Labute approximate surface area is 299 Å². The van der Waals surface area contributed by atoms with E-state index in [4.69, 9.17) is 0 Å². The van der Waals surface area contributed by atoms with E-state index in [1.54, 1.807) is 0 Å². The molecule has 0 aliphatic rings. The first-order valence-corrected chi connectivity index (χ1v) is 17.7. The minimum atomic E-state index is 0.644. The molecule has 0 bridgehead atoms. The second kappa shape index (κ2) is 10.3. The fourth-order valence-corrected chi connectivity index (χ4v) is 9.35. The quantitative estimate of drug-likeness (QED) is 0.174. The van der Waals surface area contributed by atoms with Crippen molar-refractivity contribution in [1.82, 2.24) is 0 Å². The maximum atomic E-state index is 9.77. The van der Waals surface area contributed by atoms with Gasteiger partial charge in [-0.3, -0.25) is 0 Å². The maximum absolute atomic E-state index is 9.77. The second-order valence-corrected chi connectivity index (χ2v) is 14.4. The van der Waals surface area contributed by atoms with E-state index in [2.05, 4.69) is 135 Å². The molecule has 0 spiro atoms. The smallest absolute Gasteiger partial charge is 0.0991 e. The number of nitriles is 2. The van der Waals surface area contributed by atoms with Gasteiger partial charge in [-0.2, -0.15) is 10.5 Å². The first kappa shape index (κ1) is 28.8. The molecule has 0 heterocycles. The van der Waals surface area contributed by atoms with Crippen LogP contribution >= 0.6 is 0 Å². The van der Waals surface area contributed by atoms with E-state index in [9.17, 15) is 10.5 Å². The van der Waals surface area contributed by atoms with Crippen LogP contribution in [0.4, 0.5) is 0 Å². The molecule has 0 amide bonds. The lowest BCUT2D eigenvalue weighted by Gasteiger charge is -2.17. The first-order valence-electron chi connectivity index (χ1n) is 17.7. The molecule has 11 rings (SSSR count). The van der Waals surface area contributed by atoms with Crippen LogP contribution in [0, 0.1) is 36.5 Å². The van der Waals surface area contributed by atoms with Crippen LogP contribution in [0.2, 0.25) is 0 Å². The highest BCUT2D eigenvalue weighted by Crippen LogP contribution is 2.53.